The molecule has 1 aromatic heterocycles. The number of hydrogen-bond acceptors (Lipinski definition) is 4. The lowest BCUT2D eigenvalue weighted by atomic mass is 10.3. The second kappa shape index (κ2) is 5.46. The van der Waals surface area contributed by atoms with E-state index in [0.29, 0.717) is 5.82 Å². The van der Waals surface area contributed by atoms with Gasteiger partial charge in [0.1, 0.15) is 17.0 Å². The van der Waals surface area contributed by atoms with Crippen molar-refractivity contribution in [1.29, 1.82) is 0 Å². The molecule has 2 N–H and O–H groups in total. The number of nitrogens with one attached hydrogen (secondary N) is 2. The summed E-state index contributed by atoms with van der Waals surface area (Å²) in [5, 5.41) is 6.41. The number of benzene rings is 1. The normalized spacial score (nSPS) is 13.4. The van der Waals surface area contributed by atoms with Crippen LogP contribution in [-0.2, 0) is 10.0 Å². The Kier molecular flexibility index (Phi) is 4.10. The Balaban J connectivity index is 2.31. The molecular formula is C10H10Cl2N4O2S. The molecule has 1 aromatic carbocycles. The Labute approximate surface area is 120 Å². The van der Waals surface area contributed by atoms with Crippen molar-refractivity contribution in [2.45, 2.75) is 17.9 Å². The number of halogens is 2. The van der Waals surface area contributed by atoms with Gasteiger partial charge in [-0.1, -0.05) is 29.3 Å². The zero-order valence-corrected chi connectivity index (χ0v) is 12.1. The zero-order chi connectivity index (χ0) is 14.0. The van der Waals surface area contributed by atoms with Crippen molar-refractivity contribution >= 4 is 33.2 Å². The minimum atomic E-state index is -3.79. The fraction of sp³-hybridized carbons (Fsp3) is 0.200. The lowest BCUT2D eigenvalue weighted by Gasteiger charge is -2.13. The van der Waals surface area contributed by atoms with Gasteiger partial charge in [0.2, 0.25) is 10.0 Å². The van der Waals surface area contributed by atoms with E-state index in [0.717, 1.165) is 0 Å². The van der Waals surface area contributed by atoms with Crippen LogP contribution in [0.25, 0.3) is 0 Å². The van der Waals surface area contributed by atoms with Crippen LogP contribution in [0.15, 0.2) is 29.4 Å². The Morgan fingerprint density at radius 3 is 2.74 bits per heavy atom. The molecule has 0 fully saturated rings. The monoisotopic (exact) mass is 320 g/mol. The van der Waals surface area contributed by atoms with E-state index in [4.69, 9.17) is 23.2 Å². The average Bonchev–Trinajstić information content (AvgIpc) is 2.85. The molecule has 9 heteroatoms. The predicted molar refractivity (Wildman–Crippen MR) is 71.6 cm³/mol. The topological polar surface area (TPSA) is 87.7 Å². The van der Waals surface area contributed by atoms with Crippen LogP contribution in [0.4, 0.5) is 0 Å². The highest BCUT2D eigenvalue weighted by Gasteiger charge is 2.23. The van der Waals surface area contributed by atoms with E-state index in [1.807, 2.05) is 0 Å². The molecule has 0 saturated heterocycles. The summed E-state index contributed by atoms with van der Waals surface area (Å²) >= 11 is 11.7. The molecule has 0 aliphatic carbocycles. The van der Waals surface area contributed by atoms with E-state index in [2.05, 4.69) is 19.9 Å². The highest BCUT2D eigenvalue weighted by molar-refractivity contribution is 7.89. The largest absolute Gasteiger partial charge is 0.262 e. The van der Waals surface area contributed by atoms with E-state index < -0.39 is 16.1 Å². The van der Waals surface area contributed by atoms with Gasteiger partial charge in [-0.2, -0.15) is 5.10 Å². The van der Waals surface area contributed by atoms with Gasteiger partial charge in [0.25, 0.3) is 0 Å². The van der Waals surface area contributed by atoms with Crippen LogP contribution >= 0.6 is 23.2 Å². The number of sulfonamides is 1. The highest BCUT2D eigenvalue weighted by atomic mass is 35.5. The molecule has 2 aromatic rings. The first-order valence-corrected chi connectivity index (χ1v) is 7.47. The van der Waals surface area contributed by atoms with Gasteiger partial charge in [0.05, 0.1) is 16.1 Å². The van der Waals surface area contributed by atoms with Gasteiger partial charge in [-0.25, -0.2) is 18.1 Å². The summed E-state index contributed by atoms with van der Waals surface area (Å²) in [7, 11) is -3.79. The SMILES string of the molecule is CC(NS(=O)(=O)c1cccc(Cl)c1Cl)c1ncn[nH]1. The summed E-state index contributed by atoms with van der Waals surface area (Å²) in [6.07, 6.45) is 1.30. The van der Waals surface area contributed by atoms with Crippen molar-refractivity contribution in [3.8, 4) is 0 Å². The summed E-state index contributed by atoms with van der Waals surface area (Å²) in [5.74, 6) is 0.404. The molecule has 6 nitrogen and oxygen atoms in total. The maximum Gasteiger partial charge on any atom is 0.242 e. The molecule has 0 spiro atoms. The number of aromatic nitrogens is 3. The van der Waals surface area contributed by atoms with E-state index >= 15 is 0 Å². The zero-order valence-electron chi connectivity index (χ0n) is 9.76. The predicted octanol–water partition coefficient (Wildman–Crippen LogP) is 2.15. The summed E-state index contributed by atoms with van der Waals surface area (Å²) in [6.45, 7) is 1.64. The van der Waals surface area contributed by atoms with E-state index in [-0.39, 0.29) is 14.9 Å². The standard InChI is InChI=1S/C10H10Cl2N4O2S/c1-6(10-13-5-14-15-10)16-19(17,18)8-4-2-3-7(11)9(8)12/h2-6,16H,1H3,(H,13,14,15). The van der Waals surface area contributed by atoms with Crippen LogP contribution in [0.2, 0.25) is 10.0 Å². The van der Waals surface area contributed by atoms with Crippen molar-refractivity contribution < 1.29 is 8.42 Å². The fourth-order valence-corrected chi connectivity index (χ4v) is 3.44. The number of hydrogen-bond donors (Lipinski definition) is 2. The molecular weight excluding hydrogens is 311 g/mol. The molecule has 0 amide bonds. The molecule has 19 heavy (non-hydrogen) atoms. The molecule has 0 aliphatic rings. The Morgan fingerprint density at radius 2 is 2.11 bits per heavy atom. The highest BCUT2D eigenvalue weighted by Crippen LogP contribution is 2.29. The summed E-state index contributed by atoms with van der Waals surface area (Å²) in [4.78, 5) is 3.81. The van der Waals surface area contributed by atoms with Crippen LogP contribution in [0.3, 0.4) is 0 Å². The van der Waals surface area contributed by atoms with Crippen molar-refractivity contribution in [3.63, 3.8) is 0 Å². The number of rotatable bonds is 4. The summed E-state index contributed by atoms with van der Waals surface area (Å²) in [6, 6.07) is 3.84. The molecule has 2 rings (SSSR count). The Bertz CT molecular complexity index is 673. The second-order valence-corrected chi connectivity index (χ2v) is 6.23. The van der Waals surface area contributed by atoms with Gasteiger partial charge < -0.3 is 0 Å². The van der Waals surface area contributed by atoms with Crippen LogP contribution in [0.1, 0.15) is 18.8 Å². The maximum atomic E-state index is 12.2. The first-order chi connectivity index (χ1) is 8.92. The molecule has 0 radical (unpaired) electrons. The third kappa shape index (κ3) is 3.06. The van der Waals surface area contributed by atoms with E-state index in [1.54, 1.807) is 6.92 Å². The van der Waals surface area contributed by atoms with Gasteiger partial charge in [0, 0.05) is 0 Å². The third-order valence-corrected chi connectivity index (χ3v) is 4.90. The number of aromatic amines is 1. The maximum absolute atomic E-state index is 12.2. The Morgan fingerprint density at radius 1 is 1.37 bits per heavy atom. The van der Waals surface area contributed by atoms with Crippen molar-refractivity contribution in [2.75, 3.05) is 0 Å². The minimum absolute atomic E-state index is 0.0126. The van der Waals surface area contributed by atoms with Gasteiger partial charge in [0.15, 0.2) is 0 Å². The lowest BCUT2D eigenvalue weighted by Crippen LogP contribution is -2.27. The first-order valence-electron chi connectivity index (χ1n) is 5.23. The van der Waals surface area contributed by atoms with Crippen LogP contribution in [-0.4, -0.2) is 23.6 Å². The smallest absolute Gasteiger partial charge is 0.242 e. The van der Waals surface area contributed by atoms with Crippen molar-refractivity contribution in [2.24, 2.45) is 0 Å². The molecule has 1 unspecified atom stereocenters. The fourth-order valence-electron chi connectivity index (χ4n) is 1.47. The van der Waals surface area contributed by atoms with Crippen LogP contribution in [0, 0.1) is 0 Å². The average molecular weight is 321 g/mol. The van der Waals surface area contributed by atoms with Gasteiger partial charge in [-0.15, -0.1) is 0 Å². The molecule has 102 valence electrons. The van der Waals surface area contributed by atoms with E-state index in [9.17, 15) is 8.42 Å². The molecule has 0 bridgehead atoms. The minimum Gasteiger partial charge on any atom is -0.262 e. The van der Waals surface area contributed by atoms with Crippen LogP contribution in [0.5, 0.6) is 0 Å². The van der Waals surface area contributed by atoms with Gasteiger partial charge in [-0.05, 0) is 19.1 Å². The molecule has 0 aliphatic heterocycles. The number of H-pyrrole nitrogens is 1. The summed E-state index contributed by atoms with van der Waals surface area (Å²) in [5.41, 5.74) is 0. The second-order valence-electron chi connectivity index (χ2n) is 3.77. The van der Waals surface area contributed by atoms with E-state index in [1.165, 1.54) is 24.5 Å². The van der Waals surface area contributed by atoms with Gasteiger partial charge in [-0.3, -0.25) is 5.10 Å². The van der Waals surface area contributed by atoms with Crippen molar-refractivity contribution in [1.82, 2.24) is 19.9 Å². The number of nitrogens with zero attached hydrogens (tertiary/aromatic N) is 2. The quantitative estimate of drug-likeness (QED) is 0.903. The molecule has 0 saturated carbocycles. The lowest BCUT2D eigenvalue weighted by molar-refractivity contribution is 0.560. The van der Waals surface area contributed by atoms with Crippen LogP contribution < -0.4 is 4.72 Å². The molecule has 1 atom stereocenters. The van der Waals surface area contributed by atoms with Crippen molar-refractivity contribution in [3.05, 3.63) is 40.4 Å². The van der Waals surface area contributed by atoms with Gasteiger partial charge >= 0.3 is 0 Å². The Hall–Kier alpha value is -1.15. The first kappa shape index (κ1) is 14.3. The summed E-state index contributed by atoms with van der Waals surface area (Å²) < 4.78 is 26.8. The molecule has 1 heterocycles. The third-order valence-electron chi connectivity index (χ3n) is 2.38.